The molecule has 3 aromatic rings. The van der Waals surface area contributed by atoms with E-state index in [4.69, 9.17) is 17.3 Å². The van der Waals surface area contributed by atoms with Crippen molar-refractivity contribution in [3.05, 3.63) is 63.9 Å². The molecule has 1 aromatic heterocycles. The van der Waals surface area contributed by atoms with Gasteiger partial charge in [0.05, 0.1) is 17.1 Å². The fourth-order valence-corrected chi connectivity index (χ4v) is 5.81. The average molecular weight is 551 g/mol. The van der Waals surface area contributed by atoms with Crippen LogP contribution in [0.15, 0.2) is 36.4 Å². The number of aromatic amines is 1. The Morgan fingerprint density at radius 3 is 2.67 bits per heavy atom. The number of rotatable bonds is 8. The van der Waals surface area contributed by atoms with Crippen molar-refractivity contribution in [3.63, 3.8) is 0 Å². The molecule has 10 heteroatoms. The second-order valence-corrected chi connectivity index (χ2v) is 10.9. The van der Waals surface area contributed by atoms with Gasteiger partial charge < -0.3 is 25.8 Å². The van der Waals surface area contributed by atoms with Crippen molar-refractivity contribution in [2.24, 2.45) is 5.73 Å². The van der Waals surface area contributed by atoms with Crippen molar-refractivity contribution in [1.29, 1.82) is 0 Å². The topological polar surface area (TPSA) is 124 Å². The Balaban J connectivity index is 1.35. The summed E-state index contributed by atoms with van der Waals surface area (Å²) in [6.45, 7) is 4.55. The predicted octanol–water partition coefficient (Wildman–Crippen LogP) is 3.96. The summed E-state index contributed by atoms with van der Waals surface area (Å²) in [5, 5.41) is 3.65. The third-order valence-corrected chi connectivity index (χ3v) is 8.06. The van der Waals surface area contributed by atoms with Crippen LogP contribution in [0.25, 0.3) is 11.0 Å². The number of nitrogens with two attached hydrogens (primary N) is 1. The molecule has 39 heavy (non-hydrogen) atoms. The number of benzene rings is 2. The molecule has 3 heterocycles. The van der Waals surface area contributed by atoms with E-state index in [1.165, 1.54) is 0 Å². The summed E-state index contributed by atoms with van der Waals surface area (Å²) in [7, 11) is 0. The van der Waals surface area contributed by atoms with Gasteiger partial charge in [0, 0.05) is 54.8 Å². The van der Waals surface area contributed by atoms with Gasteiger partial charge in [0.2, 0.25) is 5.91 Å². The lowest BCUT2D eigenvalue weighted by Crippen LogP contribution is -2.40. The Kier molecular flexibility index (Phi) is 8.18. The maximum atomic E-state index is 13.4. The van der Waals surface area contributed by atoms with Gasteiger partial charge in [0.1, 0.15) is 5.82 Å². The molecule has 5 rings (SSSR count). The minimum atomic E-state index is -0.530. The van der Waals surface area contributed by atoms with Crippen LogP contribution < -0.4 is 11.1 Å². The molecule has 9 nitrogen and oxygen atoms in total. The molecule has 2 aliphatic rings. The van der Waals surface area contributed by atoms with Crippen LogP contribution in [0, 0.1) is 6.92 Å². The molecular weight excluding hydrogens is 516 g/mol. The highest BCUT2D eigenvalue weighted by atomic mass is 35.5. The van der Waals surface area contributed by atoms with Crippen molar-refractivity contribution >= 4 is 40.4 Å². The molecule has 206 valence electrons. The third kappa shape index (κ3) is 5.94. The molecule has 0 aliphatic carbocycles. The predicted molar refractivity (Wildman–Crippen MR) is 151 cm³/mol. The molecule has 0 bridgehead atoms. The van der Waals surface area contributed by atoms with Gasteiger partial charge in [0.25, 0.3) is 11.8 Å². The van der Waals surface area contributed by atoms with Crippen molar-refractivity contribution in [3.8, 4) is 0 Å². The van der Waals surface area contributed by atoms with Gasteiger partial charge >= 0.3 is 0 Å². The number of imidazole rings is 1. The first kappa shape index (κ1) is 27.1. The molecule has 0 radical (unpaired) electrons. The zero-order valence-corrected chi connectivity index (χ0v) is 23.0. The van der Waals surface area contributed by atoms with Crippen LogP contribution in [0.2, 0.25) is 5.02 Å². The number of aromatic nitrogens is 2. The lowest BCUT2D eigenvalue weighted by Gasteiger charge is -2.24. The highest BCUT2D eigenvalue weighted by Gasteiger charge is 2.29. The first-order valence-electron chi connectivity index (χ1n) is 13.7. The van der Waals surface area contributed by atoms with Crippen molar-refractivity contribution in [2.45, 2.75) is 57.5 Å². The number of likely N-dealkylation sites (tertiary alicyclic amines) is 2. The van der Waals surface area contributed by atoms with E-state index in [-0.39, 0.29) is 30.2 Å². The molecular formula is C29H35ClN6O3. The Hall–Kier alpha value is -3.43. The molecule has 0 spiro atoms. The number of carbonyl (C=O) groups excluding carboxylic acids is 3. The van der Waals surface area contributed by atoms with Gasteiger partial charge in [-0.1, -0.05) is 11.6 Å². The number of amides is 3. The normalized spacial score (nSPS) is 18.1. The quantitative estimate of drug-likeness (QED) is 0.391. The number of nitrogens with zero attached hydrogens (tertiary/aromatic N) is 3. The number of fused-ring (bicyclic) bond motifs is 1. The molecule has 4 N–H and O–H groups in total. The zero-order valence-electron chi connectivity index (χ0n) is 22.2. The summed E-state index contributed by atoms with van der Waals surface area (Å²) < 4.78 is 0. The Morgan fingerprint density at radius 2 is 1.92 bits per heavy atom. The first-order chi connectivity index (χ1) is 18.8. The highest BCUT2D eigenvalue weighted by molar-refractivity contribution is 6.31. The summed E-state index contributed by atoms with van der Waals surface area (Å²) >= 11 is 6.16. The van der Waals surface area contributed by atoms with Crippen LogP contribution in [0.1, 0.15) is 76.7 Å². The van der Waals surface area contributed by atoms with Gasteiger partial charge in [-0.05, 0) is 81.0 Å². The minimum Gasteiger partial charge on any atom is -0.342 e. The van der Waals surface area contributed by atoms with Gasteiger partial charge in [-0.15, -0.1) is 0 Å². The van der Waals surface area contributed by atoms with E-state index < -0.39 is 6.04 Å². The fraction of sp³-hybridized carbons (Fsp3) is 0.448. The third-order valence-electron chi connectivity index (χ3n) is 7.83. The number of hydrogen-bond donors (Lipinski definition) is 3. The van der Waals surface area contributed by atoms with Gasteiger partial charge in [-0.25, -0.2) is 4.98 Å². The van der Waals surface area contributed by atoms with Gasteiger partial charge in [-0.3, -0.25) is 14.4 Å². The van der Waals surface area contributed by atoms with Crippen molar-refractivity contribution < 1.29 is 14.4 Å². The number of nitrogens with one attached hydrogen (secondary N) is 2. The number of aryl methyl sites for hydroxylation is 1. The highest BCUT2D eigenvalue weighted by Crippen LogP contribution is 2.25. The molecule has 2 saturated heterocycles. The molecule has 2 aromatic carbocycles. The number of hydrogen-bond acceptors (Lipinski definition) is 5. The maximum Gasteiger partial charge on any atom is 0.254 e. The lowest BCUT2D eigenvalue weighted by atomic mass is 10.0. The first-order valence-corrected chi connectivity index (χ1v) is 14.1. The smallest absolute Gasteiger partial charge is 0.254 e. The van der Waals surface area contributed by atoms with E-state index >= 15 is 0 Å². The van der Waals surface area contributed by atoms with Crippen LogP contribution in [-0.2, 0) is 4.79 Å². The number of halogens is 1. The van der Waals surface area contributed by atoms with Crippen LogP contribution in [0.5, 0.6) is 0 Å². The van der Waals surface area contributed by atoms with E-state index in [1.54, 1.807) is 30.3 Å². The van der Waals surface area contributed by atoms with Crippen LogP contribution >= 0.6 is 11.6 Å². The van der Waals surface area contributed by atoms with Crippen molar-refractivity contribution in [2.75, 3.05) is 26.2 Å². The fourth-order valence-electron chi connectivity index (χ4n) is 5.64. The van der Waals surface area contributed by atoms with Gasteiger partial charge in [-0.2, -0.15) is 0 Å². The summed E-state index contributed by atoms with van der Waals surface area (Å²) in [5.74, 6) is 0.298. The SMILES string of the molecule is Cc1cc(C(=O)N[C@@H](CCC(=O)N2CCC[C@@H]2CN)c2nc3ccc(Cl)cc3[nH]2)ccc1C(=O)N1CCCC1. The largest absolute Gasteiger partial charge is 0.342 e. The maximum absolute atomic E-state index is 13.4. The Bertz CT molecular complexity index is 1380. The van der Waals surface area contributed by atoms with E-state index in [9.17, 15) is 14.4 Å². The van der Waals surface area contributed by atoms with E-state index in [0.717, 1.165) is 55.4 Å². The number of H-pyrrole nitrogens is 1. The Labute approximate surface area is 233 Å². The summed E-state index contributed by atoms with van der Waals surface area (Å²) in [4.78, 5) is 51.0. The molecule has 2 fully saturated rings. The van der Waals surface area contributed by atoms with Crippen LogP contribution in [0.3, 0.4) is 0 Å². The van der Waals surface area contributed by atoms with Crippen molar-refractivity contribution in [1.82, 2.24) is 25.1 Å². The zero-order chi connectivity index (χ0) is 27.5. The molecule has 2 atom stereocenters. The average Bonchev–Trinajstić information content (AvgIpc) is 3.70. The second-order valence-electron chi connectivity index (χ2n) is 10.5. The van der Waals surface area contributed by atoms with E-state index in [1.807, 2.05) is 22.8 Å². The van der Waals surface area contributed by atoms with Gasteiger partial charge in [0.15, 0.2) is 0 Å². The molecule has 0 saturated carbocycles. The summed E-state index contributed by atoms with van der Waals surface area (Å²) in [6.07, 6.45) is 4.54. The monoisotopic (exact) mass is 550 g/mol. The van der Waals surface area contributed by atoms with E-state index in [0.29, 0.717) is 41.5 Å². The van der Waals surface area contributed by atoms with E-state index in [2.05, 4.69) is 15.3 Å². The second kappa shape index (κ2) is 11.8. The Morgan fingerprint density at radius 1 is 1.13 bits per heavy atom. The summed E-state index contributed by atoms with van der Waals surface area (Å²) in [5.41, 5.74) is 9.17. The molecule has 3 amide bonds. The standard InChI is InChI=1S/C29H35ClN6O3/c1-18-15-19(6-8-22(18)29(39)35-12-2-3-13-35)28(38)34-24(10-11-26(37)36-14-4-5-21(36)17-31)27-32-23-9-7-20(30)16-25(23)33-27/h6-9,15-16,21,24H,2-5,10-14,17,31H2,1H3,(H,32,33)(H,34,38)/t21-,24+/m1/s1. The van der Waals surface area contributed by atoms with Crippen LogP contribution in [0.4, 0.5) is 0 Å². The summed E-state index contributed by atoms with van der Waals surface area (Å²) in [6, 6.07) is 10.1. The number of carbonyl (C=O) groups is 3. The van der Waals surface area contributed by atoms with Crippen LogP contribution in [-0.4, -0.2) is 69.7 Å². The molecule has 0 unspecified atom stereocenters. The molecule has 2 aliphatic heterocycles. The minimum absolute atomic E-state index is 0.00646. The lowest BCUT2D eigenvalue weighted by molar-refractivity contribution is -0.132.